The summed E-state index contributed by atoms with van der Waals surface area (Å²) in [6.45, 7) is 0.806. The molecule has 6 nitrogen and oxygen atoms in total. The molecule has 1 unspecified atom stereocenters. The second-order valence-electron chi connectivity index (χ2n) is 5.91. The SMILES string of the molecule is O=C(O)c1csc(SCCN2C(=O)CCC2CNc2cccc(F)c2F)n1. The number of nitrogens with one attached hydrogen (secondary N) is 1. The summed E-state index contributed by atoms with van der Waals surface area (Å²) in [7, 11) is 0. The lowest BCUT2D eigenvalue weighted by Crippen LogP contribution is -2.39. The van der Waals surface area contributed by atoms with Crippen LogP contribution in [0.2, 0.25) is 0 Å². The summed E-state index contributed by atoms with van der Waals surface area (Å²) in [5.41, 5.74) is 0.0894. The van der Waals surface area contributed by atoms with Crippen LogP contribution in [-0.4, -0.2) is 51.8 Å². The van der Waals surface area contributed by atoms with Gasteiger partial charge in [0.25, 0.3) is 0 Å². The van der Waals surface area contributed by atoms with Gasteiger partial charge in [-0.25, -0.2) is 18.6 Å². The number of hydrogen-bond donors (Lipinski definition) is 2. The van der Waals surface area contributed by atoms with Crippen LogP contribution in [0.1, 0.15) is 23.3 Å². The highest BCUT2D eigenvalue weighted by molar-refractivity contribution is 8.01. The summed E-state index contributed by atoms with van der Waals surface area (Å²) in [6, 6.07) is 3.83. The van der Waals surface area contributed by atoms with Gasteiger partial charge in [-0.2, -0.15) is 0 Å². The first kappa shape index (κ1) is 19.6. The Labute approximate surface area is 162 Å². The molecule has 0 saturated carbocycles. The van der Waals surface area contributed by atoms with Crippen molar-refractivity contribution in [2.24, 2.45) is 0 Å². The molecule has 1 aliphatic heterocycles. The molecule has 10 heteroatoms. The number of nitrogens with zero attached hydrogens (tertiary/aromatic N) is 2. The maximum atomic E-state index is 13.7. The number of carbonyl (C=O) groups is 2. The van der Waals surface area contributed by atoms with Gasteiger partial charge in [-0.15, -0.1) is 11.3 Å². The van der Waals surface area contributed by atoms with Crippen LogP contribution in [-0.2, 0) is 4.79 Å². The van der Waals surface area contributed by atoms with Crippen LogP contribution in [0.4, 0.5) is 14.5 Å². The Bertz CT molecular complexity index is 847. The van der Waals surface area contributed by atoms with Gasteiger partial charge in [-0.1, -0.05) is 17.8 Å². The van der Waals surface area contributed by atoms with Gasteiger partial charge in [0, 0.05) is 36.7 Å². The Morgan fingerprint density at radius 3 is 3.00 bits per heavy atom. The number of benzene rings is 1. The van der Waals surface area contributed by atoms with Crippen LogP contribution in [0.25, 0.3) is 0 Å². The number of anilines is 1. The van der Waals surface area contributed by atoms with E-state index in [1.54, 1.807) is 4.90 Å². The predicted molar refractivity (Wildman–Crippen MR) is 99.4 cm³/mol. The smallest absolute Gasteiger partial charge is 0.355 e. The van der Waals surface area contributed by atoms with Gasteiger partial charge in [0.1, 0.15) is 0 Å². The van der Waals surface area contributed by atoms with Crippen LogP contribution in [0.5, 0.6) is 0 Å². The molecular formula is C17H17F2N3O3S2. The second-order valence-corrected chi connectivity index (χ2v) is 8.11. The minimum atomic E-state index is -1.07. The minimum Gasteiger partial charge on any atom is -0.476 e. The van der Waals surface area contributed by atoms with Crippen molar-refractivity contribution in [2.75, 3.05) is 24.2 Å². The minimum absolute atomic E-state index is 0.0129. The molecule has 1 fully saturated rings. The van der Waals surface area contributed by atoms with Gasteiger partial charge in [0.15, 0.2) is 21.7 Å². The molecule has 2 aromatic rings. The van der Waals surface area contributed by atoms with E-state index in [9.17, 15) is 18.4 Å². The van der Waals surface area contributed by atoms with Crippen molar-refractivity contribution < 1.29 is 23.5 Å². The third-order valence-electron chi connectivity index (χ3n) is 4.19. The highest BCUT2D eigenvalue weighted by Gasteiger charge is 2.30. The fourth-order valence-corrected chi connectivity index (χ4v) is 4.64. The van der Waals surface area contributed by atoms with E-state index in [1.165, 1.54) is 40.6 Å². The second kappa shape index (κ2) is 8.66. The van der Waals surface area contributed by atoms with E-state index in [4.69, 9.17) is 5.11 Å². The van der Waals surface area contributed by atoms with Gasteiger partial charge in [-0.05, 0) is 18.6 Å². The molecule has 0 aliphatic carbocycles. The van der Waals surface area contributed by atoms with E-state index in [1.807, 2.05) is 0 Å². The van der Waals surface area contributed by atoms with E-state index in [0.717, 1.165) is 6.07 Å². The third-order valence-corrected chi connectivity index (χ3v) is 6.19. The van der Waals surface area contributed by atoms with Gasteiger partial charge in [0.2, 0.25) is 5.91 Å². The third kappa shape index (κ3) is 4.75. The molecular weight excluding hydrogens is 396 g/mol. The van der Waals surface area contributed by atoms with Crippen molar-refractivity contribution in [3.05, 3.63) is 40.9 Å². The average Bonchev–Trinajstić information content (AvgIpc) is 3.24. The molecule has 27 heavy (non-hydrogen) atoms. The number of carboxylic acids is 1. The van der Waals surface area contributed by atoms with E-state index >= 15 is 0 Å². The Morgan fingerprint density at radius 1 is 1.44 bits per heavy atom. The standard InChI is InChI=1S/C17H17F2N3O3S2/c18-11-2-1-3-12(15(11)19)20-8-10-4-5-14(23)22(10)6-7-26-17-21-13(9-27-17)16(24)25/h1-3,9-10,20H,4-8H2,(H,24,25). The van der Waals surface area contributed by atoms with Crippen molar-refractivity contribution >= 4 is 40.7 Å². The summed E-state index contributed by atoms with van der Waals surface area (Å²) in [5.74, 6) is -2.32. The summed E-state index contributed by atoms with van der Waals surface area (Å²) >= 11 is 2.64. The molecule has 1 atom stereocenters. The number of carbonyl (C=O) groups excluding carboxylic acids is 1. The van der Waals surface area contributed by atoms with Crippen LogP contribution >= 0.6 is 23.1 Å². The lowest BCUT2D eigenvalue weighted by Gasteiger charge is -2.25. The summed E-state index contributed by atoms with van der Waals surface area (Å²) in [4.78, 5) is 28.7. The maximum absolute atomic E-state index is 13.7. The Balaban J connectivity index is 1.52. The number of aromatic nitrogens is 1. The molecule has 1 amide bonds. The first-order valence-electron chi connectivity index (χ1n) is 8.24. The number of halogens is 2. The van der Waals surface area contributed by atoms with Gasteiger partial charge in [0.05, 0.1) is 5.69 Å². The molecule has 1 aliphatic rings. The Kier molecular flexibility index (Phi) is 6.27. The van der Waals surface area contributed by atoms with Crippen LogP contribution in [0.15, 0.2) is 27.9 Å². The first-order valence-corrected chi connectivity index (χ1v) is 10.1. The number of aromatic carboxylic acids is 1. The molecule has 2 heterocycles. The normalized spacial score (nSPS) is 16.7. The fourth-order valence-electron chi connectivity index (χ4n) is 2.83. The number of hydrogen-bond acceptors (Lipinski definition) is 6. The highest BCUT2D eigenvalue weighted by Crippen LogP contribution is 2.25. The molecule has 2 N–H and O–H groups in total. The quantitative estimate of drug-likeness (QED) is 0.646. The number of thioether (sulfide) groups is 1. The van der Waals surface area contributed by atoms with E-state index in [0.29, 0.717) is 36.0 Å². The molecule has 1 aromatic carbocycles. The number of thiazole rings is 1. The summed E-state index contributed by atoms with van der Waals surface area (Å²) in [6.07, 6.45) is 1.07. The molecule has 1 saturated heterocycles. The number of rotatable bonds is 8. The maximum Gasteiger partial charge on any atom is 0.355 e. The summed E-state index contributed by atoms with van der Waals surface area (Å²) < 4.78 is 27.6. The largest absolute Gasteiger partial charge is 0.476 e. The molecule has 1 aromatic heterocycles. The zero-order valence-electron chi connectivity index (χ0n) is 14.2. The highest BCUT2D eigenvalue weighted by atomic mass is 32.2. The fraction of sp³-hybridized carbons (Fsp3) is 0.353. The average molecular weight is 413 g/mol. The number of amides is 1. The molecule has 0 bridgehead atoms. The number of likely N-dealkylation sites (tertiary alicyclic amines) is 1. The number of carboxylic acid groups (broad SMARTS) is 1. The van der Waals surface area contributed by atoms with Gasteiger partial charge < -0.3 is 15.3 Å². The van der Waals surface area contributed by atoms with E-state index < -0.39 is 17.6 Å². The molecule has 3 rings (SSSR count). The first-order chi connectivity index (χ1) is 13.0. The monoisotopic (exact) mass is 413 g/mol. The summed E-state index contributed by atoms with van der Waals surface area (Å²) in [5, 5.41) is 13.2. The van der Waals surface area contributed by atoms with E-state index in [-0.39, 0.29) is 23.3 Å². The van der Waals surface area contributed by atoms with Crippen molar-refractivity contribution in [1.29, 1.82) is 0 Å². The van der Waals surface area contributed by atoms with Crippen molar-refractivity contribution in [3.8, 4) is 0 Å². The van der Waals surface area contributed by atoms with Crippen molar-refractivity contribution in [3.63, 3.8) is 0 Å². The zero-order valence-corrected chi connectivity index (χ0v) is 15.8. The predicted octanol–water partition coefficient (Wildman–Crippen LogP) is 3.31. The molecule has 0 spiro atoms. The van der Waals surface area contributed by atoms with Crippen LogP contribution in [0.3, 0.4) is 0 Å². The Hall–Kier alpha value is -2.20. The van der Waals surface area contributed by atoms with Gasteiger partial charge >= 0.3 is 5.97 Å². The van der Waals surface area contributed by atoms with Crippen LogP contribution in [0, 0.1) is 11.6 Å². The zero-order chi connectivity index (χ0) is 19.4. The van der Waals surface area contributed by atoms with Crippen molar-refractivity contribution in [1.82, 2.24) is 9.88 Å². The lowest BCUT2D eigenvalue weighted by atomic mass is 10.2. The Morgan fingerprint density at radius 2 is 2.26 bits per heavy atom. The van der Waals surface area contributed by atoms with Crippen molar-refractivity contribution in [2.45, 2.75) is 23.2 Å². The van der Waals surface area contributed by atoms with E-state index in [2.05, 4.69) is 10.3 Å². The van der Waals surface area contributed by atoms with Gasteiger partial charge in [-0.3, -0.25) is 4.79 Å². The molecule has 0 radical (unpaired) electrons. The topological polar surface area (TPSA) is 82.5 Å². The molecule has 144 valence electrons. The lowest BCUT2D eigenvalue weighted by molar-refractivity contribution is -0.128. The van der Waals surface area contributed by atoms with Crippen LogP contribution < -0.4 is 5.32 Å².